The van der Waals surface area contributed by atoms with Crippen LogP contribution in [0.2, 0.25) is 0 Å². The quantitative estimate of drug-likeness (QED) is 0.801. The van der Waals surface area contributed by atoms with Gasteiger partial charge in [0.25, 0.3) is 5.91 Å². The number of fused-ring (bicyclic) bond motifs is 1. The van der Waals surface area contributed by atoms with Gasteiger partial charge in [-0.15, -0.1) is 0 Å². The average molecular weight is 315 g/mol. The van der Waals surface area contributed by atoms with E-state index in [0.717, 1.165) is 17.2 Å². The Morgan fingerprint density at radius 1 is 1.09 bits per heavy atom. The molecule has 0 saturated heterocycles. The van der Waals surface area contributed by atoms with Crippen LogP contribution >= 0.6 is 11.7 Å². The summed E-state index contributed by atoms with van der Waals surface area (Å²) in [5, 5.41) is 2.84. The van der Waals surface area contributed by atoms with E-state index >= 15 is 0 Å². The number of anilines is 1. The maximum Gasteiger partial charge on any atom is 0.255 e. The molecule has 0 aliphatic carbocycles. The van der Waals surface area contributed by atoms with Crippen LogP contribution in [0.5, 0.6) is 11.5 Å². The number of rotatable bonds is 4. The zero-order valence-corrected chi connectivity index (χ0v) is 12.8. The molecular formula is C15H13N3O3S. The number of hydrogen-bond acceptors (Lipinski definition) is 6. The van der Waals surface area contributed by atoms with Gasteiger partial charge in [-0.1, -0.05) is 6.07 Å². The van der Waals surface area contributed by atoms with Gasteiger partial charge in [0, 0.05) is 11.6 Å². The Morgan fingerprint density at radius 2 is 1.82 bits per heavy atom. The first-order valence-corrected chi connectivity index (χ1v) is 7.20. The maximum absolute atomic E-state index is 12.4. The SMILES string of the molecule is COc1cc(OC)cc(C(=O)Nc2cccc3nsnc23)c1. The molecule has 0 unspecified atom stereocenters. The van der Waals surface area contributed by atoms with Crippen LogP contribution < -0.4 is 14.8 Å². The number of nitrogens with zero attached hydrogens (tertiary/aromatic N) is 2. The predicted octanol–water partition coefficient (Wildman–Crippen LogP) is 2.96. The Kier molecular flexibility index (Phi) is 3.88. The fourth-order valence-electron chi connectivity index (χ4n) is 2.04. The van der Waals surface area contributed by atoms with E-state index in [1.807, 2.05) is 12.1 Å². The first-order valence-electron chi connectivity index (χ1n) is 6.47. The second-order valence-electron chi connectivity index (χ2n) is 4.49. The standard InChI is InChI=1S/C15H13N3O3S/c1-20-10-6-9(7-11(8-10)21-2)15(19)16-12-4-3-5-13-14(12)18-22-17-13/h3-8H,1-2H3,(H,16,19). The molecule has 112 valence electrons. The van der Waals surface area contributed by atoms with Crippen LogP contribution in [0.1, 0.15) is 10.4 Å². The Hall–Kier alpha value is -2.67. The monoisotopic (exact) mass is 315 g/mol. The minimum atomic E-state index is -0.266. The first kappa shape index (κ1) is 14.3. The molecule has 0 aliphatic rings. The molecule has 1 N–H and O–H groups in total. The number of hydrogen-bond donors (Lipinski definition) is 1. The summed E-state index contributed by atoms with van der Waals surface area (Å²) >= 11 is 1.11. The number of amides is 1. The van der Waals surface area contributed by atoms with Crippen LogP contribution in [-0.2, 0) is 0 Å². The van der Waals surface area contributed by atoms with Gasteiger partial charge < -0.3 is 14.8 Å². The van der Waals surface area contributed by atoms with Gasteiger partial charge in [-0.05, 0) is 24.3 Å². The van der Waals surface area contributed by atoms with Crippen LogP contribution in [0.4, 0.5) is 5.69 Å². The Morgan fingerprint density at radius 3 is 2.50 bits per heavy atom. The van der Waals surface area contributed by atoms with Crippen molar-refractivity contribution in [2.45, 2.75) is 0 Å². The molecule has 7 heteroatoms. The highest BCUT2D eigenvalue weighted by atomic mass is 32.1. The average Bonchev–Trinajstić information content (AvgIpc) is 3.04. The summed E-state index contributed by atoms with van der Waals surface area (Å²) in [5.41, 5.74) is 2.50. The van der Waals surface area contributed by atoms with Crippen LogP contribution in [0, 0.1) is 0 Å². The highest BCUT2D eigenvalue weighted by molar-refractivity contribution is 7.00. The van der Waals surface area contributed by atoms with Crippen LogP contribution in [0.15, 0.2) is 36.4 Å². The smallest absolute Gasteiger partial charge is 0.255 e. The zero-order valence-electron chi connectivity index (χ0n) is 12.0. The van der Waals surface area contributed by atoms with Crippen LogP contribution in [0.25, 0.3) is 11.0 Å². The Balaban J connectivity index is 1.93. The lowest BCUT2D eigenvalue weighted by Crippen LogP contribution is -2.12. The highest BCUT2D eigenvalue weighted by Gasteiger charge is 2.13. The summed E-state index contributed by atoms with van der Waals surface area (Å²) in [5.74, 6) is 0.841. The van der Waals surface area contributed by atoms with Gasteiger partial charge in [0.2, 0.25) is 0 Å². The molecule has 0 atom stereocenters. The minimum absolute atomic E-state index is 0.266. The third-order valence-electron chi connectivity index (χ3n) is 3.15. The fraction of sp³-hybridized carbons (Fsp3) is 0.133. The second kappa shape index (κ2) is 5.98. The summed E-state index contributed by atoms with van der Waals surface area (Å²) in [6.07, 6.45) is 0. The molecule has 0 bridgehead atoms. The molecule has 3 rings (SSSR count). The maximum atomic E-state index is 12.4. The van der Waals surface area contributed by atoms with Gasteiger partial charge in [-0.3, -0.25) is 4.79 Å². The summed E-state index contributed by atoms with van der Waals surface area (Å²) < 4.78 is 18.7. The Labute approximate surface area is 131 Å². The van der Waals surface area contributed by atoms with Gasteiger partial charge in [0.05, 0.1) is 31.6 Å². The Bertz CT molecular complexity index is 810. The van der Waals surface area contributed by atoms with Crippen molar-refractivity contribution >= 4 is 34.4 Å². The van der Waals surface area contributed by atoms with E-state index in [0.29, 0.717) is 28.3 Å². The molecule has 22 heavy (non-hydrogen) atoms. The lowest BCUT2D eigenvalue weighted by molar-refractivity contribution is 0.102. The van der Waals surface area contributed by atoms with E-state index in [1.165, 1.54) is 14.2 Å². The lowest BCUT2D eigenvalue weighted by Gasteiger charge is -2.09. The molecule has 2 aromatic carbocycles. The summed E-state index contributed by atoms with van der Waals surface area (Å²) in [4.78, 5) is 12.4. The van der Waals surface area contributed by atoms with Gasteiger partial charge in [-0.2, -0.15) is 8.75 Å². The van der Waals surface area contributed by atoms with E-state index in [1.54, 1.807) is 24.3 Å². The van der Waals surface area contributed by atoms with Crippen molar-refractivity contribution in [2.75, 3.05) is 19.5 Å². The number of methoxy groups -OCH3 is 2. The molecule has 1 amide bonds. The second-order valence-corrected chi connectivity index (χ2v) is 5.02. The molecule has 1 heterocycles. The van der Waals surface area contributed by atoms with Crippen LogP contribution in [-0.4, -0.2) is 28.9 Å². The third kappa shape index (κ3) is 2.71. The van der Waals surface area contributed by atoms with Crippen molar-refractivity contribution in [1.82, 2.24) is 8.75 Å². The third-order valence-corrected chi connectivity index (χ3v) is 3.69. The summed E-state index contributed by atoms with van der Waals surface area (Å²) in [7, 11) is 3.08. The van der Waals surface area contributed by atoms with E-state index in [9.17, 15) is 4.79 Å². The van der Waals surface area contributed by atoms with Crippen molar-refractivity contribution in [1.29, 1.82) is 0 Å². The van der Waals surface area contributed by atoms with E-state index in [4.69, 9.17) is 9.47 Å². The van der Waals surface area contributed by atoms with Crippen molar-refractivity contribution in [3.05, 3.63) is 42.0 Å². The molecule has 6 nitrogen and oxygen atoms in total. The minimum Gasteiger partial charge on any atom is -0.497 e. The van der Waals surface area contributed by atoms with Crippen molar-refractivity contribution in [2.24, 2.45) is 0 Å². The van der Waals surface area contributed by atoms with E-state index < -0.39 is 0 Å². The van der Waals surface area contributed by atoms with E-state index in [-0.39, 0.29) is 5.91 Å². The topological polar surface area (TPSA) is 73.3 Å². The first-order chi connectivity index (χ1) is 10.7. The molecule has 0 aliphatic heterocycles. The number of nitrogens with one attached hydrogen (secondary N) is 1. The molecular weight excluding hydrogens is 302 g/mol. The van der Waals surface area contributed by atoms with Gasteiger partial charge in [0.15, 0.2) is 0 Å². The molecule has 0 radical (unpaired) electrons. The number of ether oxygens (including phenoxy) is 2. The summed E-state index contributed by atoms with van der Waals surface area (Å²) in [6.45, 7) is 0. The zero-order chi connectivity index (χ0) is 15.5. The normalized spacial score (nSPS) is 10.5. The number of carbonyl (C=O) groups is 1. The lowest BCUT2D eigenvalue weighted by atomic mass is 10.1. The van der Waals surface area contributed by atoms with Gasteiger partial charge >= 0.3 is 0 Å². The molecule has 3 aromatic rings. The van der Waals surface area contributed by atoms with E-state index in [2.05, 4.69) is 14.1 Å². The number of carbonyl (C=O) groups excluding carboxylic acids is 1. The summed E-state index contributed by atoms with van der Waals surface area (Å²) in [6, 6.07) is 10.5. The number of aromatic nitrogens is 2. The van der Waals surface area contributed by atoms with Gasteiger partial charge in [0.1, 0.15) is 22.5 Å². The largest absolute Gasteiger partial charge is 0.497 e. The van der Waals surface area contributed by atoms with Crippen molar-refractivity contribution < 1.29 is 14.3 Å². The van der Waals surface area contributed by atoms with Crippen molar-refractivity contribution in [3.8, 4) is 11.5 Å². The predicted molar refractivity (Wildman–Crippen MR) is 84.9 cm³/mol. The molecule has 0 fully saturated rings. The van der Waals surface area contributed by atoms with Gasteiger partial charge in [-0.25, -0.2) is 0 Å². The molecule has 0 saturated carbocycles. The highest BCUT2D eigenvalue weighted by Crippen LogP contribution is 2.25. The van der Waals surface area contributed by atoms with Crippen LogP contribution in [0.3, 0.4) is 0 Å². The fourth-order valence-corrected chi connectivity index (χ4v) is 2.59. The number of benzene rings is 2. The van der Waals surface area contributed by atoms with Crippen molar-refractivity contribution in [3.63, 3.8) is 0 Å². The molecule has 0 spiro atoms. The molecule has 1 aromatic heterocycles.